The van der Waals surface area contributed by atoms with Crippen LogP contribution in [0.15, 0.2) is 12.1 Å². The van der Waals surface area contributed by atoms with Crippen molar-refractivity contribution in [3.8, 4) is 5.75 Å². The summed E-state index contributed by atoms with van der Waals surface area (Å²) >= 11 is 13.4. The highest BCUT2D eigenvalue weighted by molar-refractivity contribution is 7.98. The third-order valence-corrected chi connectivity index (χ3v) is 3.22. The van der Waals surface area contributed by atoms with E-state index in [1.165, 1.54) is 0 Å². The predicted molar refractivity (Wildman–Crippen MR) is 69.4 cm³/mol. The van der Waals surface area contributed by atoms with Crippen molar-refractivity contribution in [2.75, 3.05) is 24.3 Å². The van der Waals surface area contributed by atoms with E-state index >= 15 is 0 Å². The first-order chi connectivity index (χ1) is 7.15. The minimum atomic E-state index is 0.450. The van der Waals surface area contributed by atoms with E-state index < -0.39 is 0 Å². The number of thioether (sulfide) groups is 1. The number of benzene rings is 1. The molecule has 0 atom stereocenters. The van der Waals surface area contributed by atoms with Gasteiger partial charge in [0.1, 0.15) is 5.75 Å². The maximum Gasteiger partial charge on any atom is 0.143 e. The Bertz CT molecular complexity index is 333. The second-order valence-electron chi connectivity index (χ2n) is 3.00. The lowest BCUT2D eigenvalue weighted by Crippen LogP contribution is -2.01. The lowest BCUT2D eigenvalue weighted by atomic mass is 10.3. The third kappa shape index (κ3) is 4.01. The summed E-state index contributed by atoms with van der Waals surface area (Å²) in [5, 5.41) is 0.913. The van der Waals surface area contributed by atoms with Crippen LogP contribution in [0.5, 0.6) is 5.75 Å². The topological polar surface area (TPSA) is 35.2 Å². The molecule has 15 heavy (non-hydrogen) atoms. The number of ether oxygens (including phenoxy) is 1. The van der Waals surface area contributed by atoms with Crippen molar-refractivity contribution in [2.45, 2.75) is 6.42 Å². The number of hydrogen-bond donors (Lipinski definition) is 1. The normalized spacial score (nSPS) is 10.3. The summed E-state index contributed by atoms with van der Waals surface area (Å²) in [6, 6.07) is 3.26. The summed E-state index contributed by atoms with van der Waals surface area (Å²) in [6.07, 6.45) is 3.05. The van der Waals surface area contributed by atoms with Gasteiger partial charge in [0.25, 0.3) is 0 Å². The van der Waals surface area contributed by atoms with Gasteiger partial charge in [-0.1, -0.05) is 23.2 Å². The van der Waals surface area contributed by atoms with Crippen LogP contribution in [-0.2, 0) is 0 Å². The van der Waals surface area contributed by atoms with Crippen molar-refractivity contribution >= 4 is 40.7 Å². The molecule has 0 aliphatic heterocycles. The zero-order chi connectivity index (χ0) is 11.3. The molecule has 0 saturated carbocycles. The highest BCUT2D eigenvalue weighted by Gasteiger charge is 2.05. The van der Waals surface area contributed by atoms with Crippen LogP contribution in [0.3, 0.4) is 0 Å². The molecule has 1 rings (SSSR count). The van der Waals surface area contributed by atoms with Crippen molar-refractivity contribution in [2.24, 2.45) is 0 Å². The van der Waals surface area contributed by atoms with Gasteiger partial charge < -0.3 is 10.5 Å². The van der Waals surface area contributed by atoms with Crippen LogP contribution >= 0.6 is 35.0 Å². The monoisotopic (exact) mass is 265 g/mol. The molecule has 0 aliphatic carbocycles. The molecule has 5 heteroatoms. The fourth-order valence-corrected chi connectivity index (χ4v) is 1.79. The van der Waals surface area contributed by atoms with Gasteiger partial charge >= 0.3 is 0 Å². The third-order valence-electron chi connectivity index (χ3n) is 1.80. The summed E-state index contributed by atoms with van der Waals surface area (Å²) < 4.78 is 5.49. The molecular weight excluding hydrogens is 253 g/mol. The standard InChI is InChI=1S/C10H13Cl2NOS/c1-15-4-2-3-14-10-6-8(12)7(11)5-9(10)13/h5-6H,2-4,13H2,1H3. The predicted octanol–water partition coefficient (Wildman–Crippen LogP) is 3.71. The number of rotatable bonds is 5. The highest BCUT2D eigenvalue weighted by atomic mass is 35.5. The number of halogens is 2. The van der Waals surface area contributed by atoms with Gasteiger partial charge in [0.05, 0.1) is 22.3 Å². The lowest BCUT2D eigenvalue weighted by molar-refractivity contribution is 0.320. The Balaban J connectivity index is 2.57. The van der Waals surface area contributed by atoms with Crippen LogP contribution < -0.4 is 10.5 Å². The zero-order valence-electron chi connectivity index (χ0n) is 8.43. The van der Waals surface area contributed by atoms with E-state index in [2.05, 4.69) is 6.26 Å². The molecule has 0 spiro atoms. The molecule has 2 nitrogen and oxygen atoms in total. The average molecular weight is 266 g/mol. The molecule has 2 N–H and O–H groups in total. The van der Waals surface area contributed by atoms with Crippen LogP contribution in [-0.4, -0.2) is 18.6 Å². The second kappa shape index (κ2) is 6.36. The van der Waals surface area contributed by atoms with Crippen molar-refractivity contribution in [3.05, 3.63) is 22.2 Å². The zero-order valence-corrected chi connectivity index (χ0v) is 10.8. The summed E-state index contributed by atoms with van der Waals surface area (Å²) in [5.41, 5.74) is 6.25. The van der Waals surface area contributed by atoms with Crippen LogP contribution in [0.25, 0.3) is 0 Å². The fourth-order valence-electron chi connectivity index (χ4n) is 1.05. The number of hydrogen-bond acceptors (Lipinski definition) is 3. The quantitative estimate of drug-likeness (QED) is 0.651. The Morgan fingerprint density at radius 1 is 1.33 bits per heavy atom. The molecule has 0 aliphatic rings. The van der Waals surface area contributed by atoms with E-state index in [-0.39, 0.29) is 0 Å². The van der Waals surface area contributed by atoms with E-state index in [9.17, 15) is 0 Å². The van der Waals surface area contributed by atoms with E-state index in [4.69, 9.17) is 33.7 Å². The minimum absolute atomic E-state index is 0.450. The van der Waals surface area contributed by atoms with E-state index in [0.717, 1.165) is 12.2 Å². The van der Waals surface area contributed by atoms with Gasteiger partial charge in [-0.25, -0.2) is 0 Å². The lowest BCUT2D eigenvalue weighted by Gasteiger charge is -2.09. The van der Waals surface area contributed by atoms with E-state index in [1.807, 2.05) is 0 Å². The molecule has 84 valence electrons. The number of nitrogen functional groups attached to an aromatic ring is 1. The summed E-state index contributed by atoms with van der Waals surface area (Å²) in [7, 11) is 0. The first-order valence-electron chi connectivity index (χ1n) is 4.51. The Kier molecular flexibility index (Phi) is 5.43. The van der Waals surface area contributed by atoms with Gasteiger partial charge in [0.15, 0.2) is 0 Å². The molecule has 0 radical (unpaired) electrons. The van der Waals surface area contributed by atoms with Gasteiger partial charge in [0, 0.05) is 6.07 Å². The first-order valence-corrected chi connectivity index (χ1v) is 6.66. The molecule has 0 heterocycles. The number of anilines is 1. The largest absolute Gasteiger partial charge is 0.491 e. The molecular formula is C10H13Cl2NOS. The smallest absolute Gasteiger partial charge is 0.143 e. The molecule has 0 fully saturated rings. The van der Waals surface area contributed by atoms with E-state index in [1.54, 1.807) is 23.9 Å². The Hall–Kier alpha value is -0.250. The van der Waals surface area contributed by atoms with Crippen molar-refractivity contribution in [1.29, 1.82) is 0 Å². The Morgan fingerprint density at radius 3 is 2.67 bits per heavy atom. The summed E-state index contributed by atoms with van der Waals surface area (Å²) in [5.74, 6) is 1.67. The van der Waals surface area contributed by atoms with Gasteiger partial charge in [-0.05, 0) is 24.5 Å². The Morgan fingerprint density at radius 2 is 2.00 bits per heavy atom. The van der Waals surface area contributed by atoms with Crippen LogP contribution in [0.1, 0.15) is 6.42 Å². The maximum absolute atomic E-state index is 5.85. The first kappa shape index (κ1) is 12.8. The highest BCUT2D eigenvalue weighted by Crippen LogP contribution is 2.32. The SMILES string of the molecule is CSCCCOc1cc(Cl)c(Cl)cc1N. The summed E-state index contributed by atoms with van der Waals surface area (Å²) in [4.78, 5) is 0. The maximum atomic E-state index is 5.85. The summed E-state index contributed by atoms with van der Waals surface area (Å²) in [6.45, 7) is 0.642. The van der Waals surface area contributed by atoms with Crippen molar-refractivity contribution in [3.63, 3.8) is 0 Å². The molecule has 1 aromatic rings. The van der Waals surface area contributed by atoms with Crippen LogP contribution in [0.4, 0.5) is 5.69 Å². The molecule has 1 aromatic carbocycles. The van der Waals surface area contributed by atoms with Gasteiger partial charge in [-0.3, -0.25) is 0 Å². The minimum Gasteiger partial charge on any atom is -0.491 e. The molecule has 0 aromatic heterocycles. The Labute approximate surface area is 104 Å². The average Bonchev–Trinajstić information content (AvgIpc) is 2.20. The molecule has 0 unspecified atom stereocenters. The van der Waals surface area contributed by atoms with E-state index in [0.29, 0.717) is 28.1 Å². The van der Waals surface area contributed by atoms with Crippen LogP contribution in [0, 0.1) is 0 Å². The van der Waals surface area contributed by atoms with Crippen molar-refractivity contribution in [1.82, 2.24) is 0 Å². The van der Waals surface area contributed by atoms with Crippen molar-refractivity contribution < 1.29 is 4.74 Å². The second-order valence-corrected chi connectivity index (χ2v) is 4.80. The fraction of sp³-hybridized carbons (Fsp3) is 0.400. The van der Waals surface area contributed by atoms with Gasteiger partial charge in [-0.15, -0.1) is 0 Å². The number of nitrogens with two attached hydrogens (primary N) is 1. The van der Waals surface area contributed by atoms with Gasteiger partial charge in [0.2, 0.25) is 0 Å². The molecule has 0 saturated heterocycles. The van der Waals surface area contributed by atoms with Gasteiger partial charge in [-0.2, -0.15) is 11.8 Å². The molecule has 0 bridgehead atoms. The van der Waals surface area contributed by atoms with Crippen LogP contribution in [0.2, 0.25) is 10.0 Å². The molecule has 0 amide bonds.